The van der Waals surface area contributed by atoms with E-state index in [1.807, 2.05) is 31.2 Å². The fourth-order valence-electron chi connectivity index (χ4n) is 2.67. The van der Waals surface area contributed by atoms with Gasteiger partial charge in [0.2, 0.25) is 0 Å². The molecule has 1 amide bonds. The summed E-state index contributed by atoms with van der Waals surface area (Å²) in [5.41, 5.74) is 2.45. The highest BCUT2D eigenvalue weighted by molar-refractivity contribution is 6.46. The molecule has 1 saturated carbocycles. The predicted molar refractivity (Wildman–Crippen MR) is 67.1 cm³/mol. The van der Waals surface area contributed by atoms with Crippen LogP contribution in [0.1, 0.15) is 36.8 Å². The van der Waals surface area contributed by atoms with Crippen molar-refractivity contribution >= 4 is 11.6 Å². The third-order valence-electron chi connectivity index (χ3n) is 3.64. The molecule has 3 nitrogen and oxygen atoms in total. The van der Waals surface area contributed by atoms with Crippen LogP contribution in [0.25, 0.3) is 0 Å². The van der Waals surface area contributed by atoms with Gasteiger partial charge in [-0.05, 0) is 32.6 Å². The highest BCUT2D eigenvalue weighted by Gasteiger charge is 2.41. The van der Waals surface area contributed by atoms with E-state index in [1.165, 1.54) is 5.56 Å². The normalized spacial score (nSPS) is 21.7. The van der Waals surface area contributed by atoms with Gasteiger partial charge < -0.3 is 5.32 Å². The van der Waals surface area contributed by atoms with Crippen LogP contribution in [0, 0.1) is 6.92 Å². The maximum atomic E-state index is 12.0. The van der Waals surface area contributed by atoms with E-state index < -0.39 is 0 Å². The van der Waals surface area contributed by atoms with Crippen LogP contribution in [0.3, 0.4) is 0 Å². The van der Waals surface area contributed by atoms with E-state index in [-0.39, 0.29) is 11.6 Å². The molecule has 1 aromatic carbocycles. The lowest BCUT2D eigenvalue weighted by molar-refractivity contribution is -0.115. The van der Waals surface area contributed by atoms with Gasteiger partial charge in [0.25, 0.3) is 5.91 Å². The van der Waals surface area contributed by atoms with Gasteiger partial charge in [-0.3, -0.25) is 9.79 Å². The van der Waals surface area contributed by atoms with E-state index in [0.717, 1.165) is 31.2 Å². The van der Waals surface area contributed by atoms with Gasteiger partial charge in [-0.15, -0.1) is 0 Å². The molecule has 1 fully saturated rings. The minimum Gasteiger partial charge on any atom is -0.326 e. The summed E-state index contributed by atoms with van der Waals surface area (Å²) in [6.45, 7) is 2.04. The summed E-state index contributed by atoms with van der Waals surface area (Å²) in [6.07, 6.45) is 4.28. The number of carbonyl (C=O) groups excluding carboxylic acids is 1. The van der Waals surface area contributed by atoms with Crippen LogP contribution < -0.4 is 5.32 Å². The van der Waals surface area contributed by atoms with Crippen molar-refractivity contribution in [2.45, 2.75) is 38.3 Å². The molecule has 88 valence electrons. The number of aliphatic imine (C=N–C) groups is 1. The summed E-state index contributed by atoms with van der Waals surface area (Å²) < 4.78 is 0. The lowest BCUT2D eigenvalue weighted by atomic mass is 10.1. The lowest BCUT2D eigenvalue weighted by Crippen LogP contribution is -2.39. The van der Waals surface area contributed by atoms with Gasteiger partial charge in [0.05, 0.1) is 0 Å². The van der Waals surface area contributed by atoms with Crippen molar-refractivity contribution < 1.29 is 4.79 Å². The number of nitrogens with zero attached hydrogens (tertiary/aromatic N) is 1. The van der Waals surface area contributed by atoms with Crippen LogP contribution in [0.5, 0.6) is 0 Å². The van der Waals surface area contributed by atoms with Crippen LogP contribution in [0.2, 0.25) is 0 Å². The molecule has 1 spiro atoms. The molecule has 0 radical (unpaired) electrons. The first kappa shape index (κ1) is 10.5. The Bertz CT molecular complexity index is 481. The number of nitrogens with one attached hydrogen (secondary N) is 1. The molecule has 1 N–H and O–H groups in total. The summed E-state index contributed by atoms with van der Waals surface area (Å²) in [5.74, 6) is -0.0178. The summed E-state index contributed by atoms with van der Waals surface area (Å²) in [6, 6.07) is 7.99. The second kappa shape index (κ2) is 3.69. The van der Waals surface area contributed by atoms with Crippen molar-refractivity contribution in [1.29, 1.82) is 0 Å². The number of benzene rings is 1. The Morgan fingerprint density at radius 2 is 1.82 bits per heavy atom. The van der Waals surface area contributed by atoms with Gasteiger partial charge in [0.1, 0.15) is 11.4 Å². The molecule has 0 bridgehead atoms. The largest absolute Gasteiger partial charge is 0.326 e. The Kier molecular flexibility index (Phi) is 2.28. The standard InChI is InChI=1S/C14H16N2O/c1-10-4-6-11(7-5-10)12-13(17)16-14(15-12)8-2-3-9-14/h4-7H,2-3,8-9H2,1H3,(H,16,17). The van der Waals surface area contributed by atoms with Crippen molar-refractivity contribution in [3.8, 4) is 0 Å². The fourth-order valence-corrected chi connectivity index (χ4v) is 2.67. The zero-order valence-electron chi connectivity index (χ0n) is 9.99. The highest BCUT2D eigenvalue weighted by Crippen LogP contribution is 2.34. The second-order valence-electron chi connectivity index (χ2n) is 5.02. The molecular weight excluding hydrogens is 212 g/mol. The molecule has 1 aliphatic carbocycles. The van der Waals surface area contributed by atoms with Crippen molar-refractivity contribution in [3.63, 3.8) is 0 Å². The summed E-state index contributed by atoms with van der Waals surface area (Å²) in [5, 5.41) is 3.05. The van der Waals surface area contributed by atoms with Crippen molar-refractivity contribution in [3.05, 3.63) is 35.4 Å². The minimum absolute atomic E-state index is 0.0178. The molecule has 3 heteroatoms. The smallest absolute Gasteiger partial charge is 0.272 e. The van der Waals surface area contributed by atoms with Gasteiger partial charge in [-0.1, -0.05) is 29.8 Å². The van der Waals surface area contributed by atoms with E-state index >= 15 is 0 Å². The molecule has 1 aliphatic heterocycles. The second-order valence-corrected chi connectivity index (χ2v) is 5.02. The van der Waals surface area contributed by atoms with Crippen LogP contribution in [0.4, 0.5) is 0 Å². The number of rotatable bonds is 1. The first-order valence-corrected chi connectivity index (χ1v) is 6.18. The van der Waals surface area contributed by atoms with Gasteiger partial charge in [0, 0.05) is 5.56 Å². The summed E-state index contributed by atoms with van der Waals surface area (Å²) in [7, 11) is 0. The zero-order valence-corrected chi connectivity index (χ0v) is 9.99. The Hall–Kier alpha value is -1.64. The van der Waals surface area contributed by atoms with E-state index in [1.54, 1.807) is 0 Å². The number of carbonyl (C=O) groups is 1. The minimum atomic E-state index is -0.280. The first-order valence-electron chi connectivity index (χ1n) is 6.18. The number of aryl methyl sites for hydroxylation is 1. The zero-order chi connectivity index (χ0) is 11.9. The van der Waals surface area contributed by atoms with Crippen LogP contribution in [-0.2, 0) is 4.79 Å². The highest BCUT2D eigenvalue weighted by atomic mass is 16.2. The third-order valence-corrected chi connectivity index (χ3v) is 3.64. The molecule has 2 aliphatic rings. The van der Waals surface area contributed by atoms with Gasteiger partial charge in [0.15, 0.2) is 0 Å². The maximum absolute atomic E-state index is 12.0. The first-order chi connectivity index (χ1) is 8.19. The summed E-state index contributed by atoms with van der Waals surface area (Å²) in [4.78, 5) is 16.6. The quantitative estimate of drug-likeness (QED) is 0.786. The number of hydrogen-bond donors (Lipinski definition) is 1. The SMILES string of the molecule is Cc1ccc(C2=NC3(CCCC3)NC2=O)cc1. The lowest BCUT2D eigenvalue weighted by Gasteiger charge is -2.18. The van der Waals surface area contributed by atoms with Crippen LogP contribution in [-0.4, -0.2) is 17.3 Å². The summed E-state index contributed by atoms with van der Waals surface area (Å²) >= 11 is 0. The fraction of sp³-hybridized carbons (Fsp3) is 0.429. The molecule has 3 rings (SSSR count). The number of amides is 1. The monoisotopic (exact) mass is 228 g/mol. The predicted octanol–water partition coefficient (Wildman–Crippen LogP) is 2.18. The van der Waals surface area contributed by atoms with E-state index in [9.17, 15) is 4.79 Å². The molecule has 0 unspecified atom stereocenters. The van der Waals surface area contributed by atoms with E-state index in [4.69, 9.17) is 0 Å². The molecule has 1 aromatic rings. The molecular formula is C14H16N2O. The third kappa shape index (κ3) is 1.75. The van der Waals surface area contributed by atoms with Crippen LogP contribution >= 0.6 is 0 Å². The van der Waals surface area contributed by atoms with E-state index in [0.29, 0.717) is 5.71 Å². The average molecular weight is 228 g/mol. The van der Waals surface area contributed by atoms with Crippen LogP contribution in [0.15, 0.2) is 29.3 Å². The van der Waals surface area contributed by atoms with Gasteiger partial charge >= 0.3 is 0 Å². The molecule has 1 heterocycles. The van der Waals surface area contributed by atoms with Crippen molar-refractivity contribution in [2.75, 3.05) is 0 Å². The molecule has 0 saturated heterocycles. The Morgan fingerprint density at radius 1 is 1.18 bits per heavy atom. The number of hydrogen-bond acceptors (Lipinski definition) is 2. The average Bonchev–Trinajstić information content (AvgIpc) is 2.88. The van der Waals surface area contributed by atoms with Crippen molar-refractivity contribution in [2.24, 2.45) is 4.99 Å². The maximum Gasteiger partial charge on any atom is 0.272 e. The topological polar surface area (TPSA) is 41.5 Å². The Balaban J connectivity index is 1.97. The van der Waals surface area contributed by atoms with E-state index in [2.05, 4.69) is 10.3 Å². The van der Waals surface area contributed by atoms with Gasteiger partial charge in [-0.25, -0.2) is 0 Å². The molecule has 0 atom stereocenters. The molecule has 0 aromatic heterocycles. The van der Waals surface area contributed by atoms with Gasteiger partial charge in [-0.2, -0.15) is 0 Å². The Labute approximate surface area is 101 Å². The Morgan fingerprint density at radius 3 is 2.47 bits per heavy atom. The van der Waals surface area contributed by atoms with Crippen molar-refractivity contribution in [1.82, 2.24) is 5.32 Å². The molecule has 17 heavy (non-hydrogen) atoms.